The number of para-hydroxylation sites is 1. The molecule has 0 unspecified atom stereocenters. The average molecular weight is 412 g/mol. The summed E-state index contributed by atoms with van der Waals surface area (Å²) in [4.78, 5) is 4.90. The van der Waals surface area contributed by atoms with Gasteiger partial charge in [-0.05, 0) is 53.6 Å². The fraction of sp³-hybridized carbons (Fsp3) is 0. The van der Waals surface area contributed by atoms with E-state index >= 15 is 0 Å². The Morgan fingerprint density at radius 2 is 1.31 bits per heavy atom. The summed E-state index contributed by atoms with van der Waals surface area (Å²) in [6.07, 6.45) is 1.96. The van der Waals surface area contributed by atoms with Gasteiger partial charge >= 0.3 is 0 Å². The highest BCUT2D eigenvalue weighted by atomic mass is 19.1. The van der Waals surface area contributed by atoms with Crippen LogP contribution < -0.4 is 0 Å². The molecule has 0 fully saturated rings. The van der Waals surface area contributed by atoms with E-state index < -0.39 is 0 Å². The Balaban J connectivity index is 1.68. The molecule has 0 N–H and O–H groups in total. The second-order valence-corrected chi connectivity index (χ2v) is 8.20. The largest absolute Gasteiger partial charge is 0.308 e. The molecular formula is C29H17FN2. The quantitative estimate of drug-likeness (QED) is 0.284. The van der Waals surface area contributed by atoms with Crippen molar-refractivity contribution >= 4 is 38.1 Å². The highest BCUT2D eigenvalue weighted by Crippen LogP contribution is 2.43. The van der Waals surface area contributed by atoms with Gasteiger partial charge < -0.3 is 4.40 Å². The van der Waals surface area contributed by atoms with Gasteiger partial charge in [-0.1, -0.05) is 54.6 Å². The highest BCUT2D eigenvalue weighted by molar-refractivity contribution is 6.26. The van der Waals surface area contributed by atoms with Crippen LogP contribution in [0.3, 0.4) is 0 Å². The summed E-state index contributed by atoms with van der Waals surface area (Å²) in [5.74, 6) is -0.243. The van der Waals surface area contributed by atoms with Crippen molar-refractivity contribution in [3.8, 4) is 22.4 Å². The van der Waals surface area contributed by atoms with Crippen molar-refractivity contribution in [2.45, 2.75) is 0 Å². The minimum absolute atomic E-state index is 0.243. The van der Waals surface area contributed by atoms with Crippen LogP contribution in [-0.2, 0) is 0 Å². The Labute approximate surface area is 183 Å². The summed E-state index contributed by atoms with van der Waals surface area (Å²) in [5.41, 5.74) is 7.64. The number of hydrogen-bond donors (Lipinski definition) is 0. The number of fused-ring (bicyclic) bond motifs is 6. The van der Waals surface area contributed by atoms with Gasteiger partial charge in [-0.15, -0.1) is 0 Å². The van der Waals surface area contributed by atoms with Crippen LogP contribution in [0.5, 0.6) is 0 Å². The molecule has 0 aliphatic rings. The molecule has 2 nitrogen and oxygen atoms in total. The summed E-state index contributed by atoms with van der Waals surface area (Å²) in [6.45, 7) is 0. The zero-order valence-electron chi connectivity index (χ0n) is 17.1. The maximum atomic E-state index is 13.6. The molecule has 0 spiro atoms. The van der Waals surface area contributed by atoms with Gasteiger partial charge in [-0.25, -0.2) is 4.39 Å². The minimum atomic E-state index is -0.243. The molecule has 3 aromatic heterocycles. The van der Waals surface area contributed by atoms with Crippen molar-refractivity contribution in [3.63, 3.8) is 0 Å². The monoisotopic (exact) mass is 412 g/mol. The Kier molecular flexibility index (Phi) is 3.48. The van der Waals surface area contributed by atoms with E-state index in [4.69, 9.17) is 4.98 Å². The summed E-state index contributed by atoms with van der Waals surface area (Å²) in [6, 6.07) is 32.2. The summed E-state index contributed by atoms with van der Waals surface area (Å²) in [5, 5.41) is 4.60. The lowest BCUT2D eigenvalue weighted by Gasteiger charge is -2.06. The molecular weight excluding hydrogens is 395 g/mol. The van der Waals surface area contributed by atoms with Gasteiger partial charge in [0.25, 0.3) is 0 Å². The SMILES string of the molecule is Fc1ccc(-c2ncc3c4ccccc4n4c5ccc(-c6ccccc6)cc5c2c34)cc1. The first-order valence-corrected chi connectivity index (χ1v) is 10.7. The van der Waals surface area contributed by atoms with Gasteiger partial charge in [0.05, 0.1) is 22.2 Å². The van der Waals surface area contributed by atoms with Crippen LogP contribution in [0.1, 0.15) is 0 Å². The van der Waals surface area contributed by atoms with Crippen molar-refractivity contribution in [2.24, 2.45) is 0 Å². The lowest BCUT2D eigenvalue weighted by Crippen LogP contribution is -1.86. The normalized spacial score (nSPS) is 11.9. The van der Waals surface area contributed by atoms with E-state index in [1.165, 1.54) is 39.7 Å². The number of rotatable bonds is 2. The molecule has 4 aromatic carbocycles. The Morgan fingerprint density at radius 3 is 2.16 bits per heavy atom. The first-order chi connectivity index (χ1) is 15.8. The number of hydrogen-bond acceptors (Lipinski definition) is 1. The molecule has 0 bridgehead atoms. The summed E-state index contributed by atoms with van der Waals surface area (Å²) >= 11 is 0. The van der Waals surface area contributed by atoms with Gasteiger partial charge in [0.15, 0.2) is 0 Å². The summed E-state index contributed by atoms with van der Waals surface area (Å²) < 4.78 is 16.0. The number of aromatic nitrogens is 2. The fourth-order valence-electron chi connectivity index (χ4n) is 5.02. The van der Waals surface area contributed by atoms with E-state index in [2.05, 4.69) is 71.1 Å². The van der Waals surface area contributed by atoms with Crippen LogP contribution in [0, 0.1) is 5.82 Å². The second kappa shape index (κ2) is 6.38. The van der Waals surface area contributed by atoms with Gasteiger partial charge in [0, 0.05) is 33.3 Å². The molecule has 32 heavy (non-hydrogen) atoms. The van der Waals surface area contributed by atoms with Crippen molar-refractivity contribution in [3.05, 3.63) is 109 Å². The fourth-order valence-corrected chi connectivity index (χ4v) is 5.02. The number of benzene rings is 4. The van der Waals surface area contributed by atoms with E-state index in [-0.39, 0.29) is 5.82 Å². The maximum absolute atomic E-state index is 13.6. The van der Waals surface area contributed by atoms with E-state index in [0.29, 0.717) is 0 Å². The van der Waals surface area contributed by atoms with Crippen LogP contribution in [0.25, 0.3) is 60.5 Å². The van der Waals surface area contributed by atoms with Gasteiger partial charge in [-0.2, -0.15) is 0 Å². The van der Waals surface area contributed by atoms with E-state index in [1.807, 2.05) is 24.4 Å². The summed E-state index contributed by atoms with van der Waals surface area (Å²) in [7, 11) is 0. The lowest BCUT2D eigenvalue weighted by molar-refractivity contribution is 0.628. The topological polar surface area (TPSA) is 17.3 Å². The van der Waals surface area contributed by atoms with Gasteiger partial charge in [0.2, 0.25) is 0 Å². The zero-order valence-corrected chi connectivity index (χ0v) is 17.1. The van der Waals surface area contributed by atoms with Crippen molar-refractivity contribution in [1.82, 2.24) is 9.38 Å². The maximum Gasteiger partial charge on any atom is 0.123 e. The van der Waals surface area contributed by atoms with Gasteiger partial charge in [-0.3, -0.25) is 4.98 Å². The molecule has 3 heterocycles. The van der Waals surface area contributed by atoms with Crippen molar-refractivity contribution in [1.29, 1.82) is 0 Å². The molecule has 7 rings (SSSR count). The molecule has 7 aromatic rings. The molecule has 3 heteroatoms. The molecule has 0 radical (unpaired) electrons. The predicted molar refractivity (Wildman–Crippen MR) is 130 cm³/mol. The van der Waals surface area contributed by atoms with Crippen molar-refractivity contribution < 1.29 is 4.39 Å². The number of pyridine rings is 1. The lowest BCUT2D eigenvalue weighted by atomic mass is 9.99. The molecule has 0 atom stereocenters. The average Bonchev–Trinajstić information content (AvgIpc) is 3.37. The number of nitrogens with zero attached hydrogens (tertiary/aromatic N) is 2. The van der Waals surface area contributed by atoms with E-state index in [0.717, 1.165) is 32.9 Å². The molecule has 0 aliphatic heterocycles. The zero-order chi connectivity index (χ0) is 21.2. The Morgan fingerprint density at radius 1 is 0.594 bits per heavy atom. The molecule has 0 aliphatic carbocycles. The van der Waals surface area contributed by atoms with Crippen molar-refractivity contribution in [2.75, 3.05) is 0 Å². The standard InChI is InChI=1S/C29H17FN2/c30-21-13-10-19(11-14-21)28-27-23-16-20(18-6-2-1-3-7-18)12-15-26(23)32-25-9-5-4-8-22(25)24(17-31-28)29(27)32/h1-17H. The minimum Gasteiger partial charge on any atom is -0.308 e. The van der Waals surface area contributed by atoms with Gasteiger partial charge in [0.1, 0.15) is 5.82 Å². The third-order valence-electron chi connectivity index (χ3n) is 6.44. The number of halogens is 1. The van der Waals surface area contributed by atoms with E-state index in [1.54, 1.807) is 0 Å². The predicted octanol–water partition coefficient (Wildman–Crippen LogP) is 7.70. The third-order valence-corrected chi connectivity index (χ3v) is 6.44. The van der Waals surface area contributed by atoms with Crippen LogP contribution in [0.4, 0.5) is 4.39 Å². The molecule has 0 saturated heterocycles. The first-order valence-electron chi connectivity index (χ1n) is 10.7. The first kappa shape index (κ1) is 17.4. The highest BCUT2D eigenvalue weighted by Gasteiger charge is 2.21. The van der Waals surface area contributed by atoms with Crippen LogP contribution >= 0.6 is 0 Å². The third kappa shape index (κ3) is 2.31. The Hall–Kier alpha value is -4.24. The molecule has 0 saturated carbocycles. The molecule has 150 valence electrons. The smallest absolute Gasteiger partial charge is 0.123 e. The Bertz CT molecular complexity index is 1760. The second-order valence-electron chi connectivity index (χ2n) is 8.20. The van der Waals surface area contributed by atoms with Crippen LogP contribution in [-0.4, -0.2) is 9.38 Å². The molecule has 0 amide bonds. The van der Waals surface area contributed by atoms with Crippen LogP contribution in [0.15, 0.2) is 103 Å². The van der Waals surface area contributed by atoms with Crippen LogP contribution in [0.2, 0.25) is 0 Å². The van der Waals surface area contributed by atoms with E-state index in [9.17, 15) is 4.39 Å².